The van der Waals surface area contributed by atoms with E-state index < -0.39 is 0 Å². The van der Waals surface area contributed by atoms with Crippen LogP contribution in [-0.4, -0.2) is 6.61 Å². The summed E-state index contributed by atoms with van der Waals surface area (Å²) in [5, 5.41) is 4.32. The fourth-order valence-electron chi connectivity index (χ4n) is 2.18. The Hall–Kier alpha value is -1.67. The summed E-state index contributed by atoms with van der Waals surface area (Å²) in [6.45, 7) is 5.04. The molecule has 0 amide bonds. The number of anilines is 1. The van der Waals surface area contributed by atoms with Crippen molar-refractivity contribution in [3.8, 4) is 5.75 Å². The summed E-state index contributed by atoms with van der Waals surface area (Å²) in [6.07, 6.45) is 2.03. The molecule has 0 aromatic heterocycles. The highest BCUT2D eigenvalue weighted by Crippen LogP contribution is 2.25. The number of ether oxygens (including phenoxy) is 1. The van der Waals surface area contributed by atoms with Crippen molar-refractivity contribution in [1.29, 1.82) is 0 Å². The van der Waals surface area contributed by atoms with E-state index in [9.17, 15) is 0 Å². The van der Waals surface area contributed by atoms with Gasteiger partial charge in [0.2, 0.25) is 0 Å². The van der Waals surface area contributed by atoms with Crippen LogP contribution in [0.4, 0.5) is 5.69 Å². The Morgan fingerprint density at radius 3 is 2.24 bits per heavy atom. The molecule has 1 N–H and O–H groups in total. The van der Waals surface area contributed by atoms with Gasteiger partial charge in [0.15, 0.2) is 0 Å². The van der Waals surface area contributed by atoms with Gasteiger partial charge in [0.1, 0.15) is 5.75 Å². The molecular weight excluding hydrogens is 282 g/mol. The van der Waals surface area contributed by atoms with Crippen molar-refractivity contribution in [2.24, 2.45) is 0 Å². The van der Waals surface area contributed by atoms with Crippen LogP contribution in [0.15, 0.2) is 48.5 Å². The van der Waals surface area contributed by atoms with Crippen LogP contribution >= 0.6 is 11.6 Å². The monoisotopic (exact) mass is 303 g/mol. The van der Waals surface area contributed by atoms with Gasteiger partial charge >= 0.3 is 0 Å². The minimum atomic E-state index is 0.282. The summed E-state index contributed by atoms with van der Waals surface area (Å²) >= 11 is 5.94. The quantitative estimate of drug-likeness (QED) is 0.709. The minimum absolute atomic E-state index is 0.282. The van der Waals surface area contributed by atoms with Gasteiger partial charge < -0.3 is 10.1 Å². The van der Waals surface area contributed by atoms with Crippen LogP contribution in [0.2, 0.25) is 5.02 Å². The van der Waals surface area contributed by atoms with Gasteiger partial charge in [-0.05, 0) is 54.8 Å². The number of halogens is 1. The van der Waals surface area contributed by atoms with Gasteiger partial charge in [-0.1, -0.05) is 37.6 Å². The molecule has 1 atom stereocenters. The van der Waals surface area contributed by atoms with Gasteiger partial charge in [-0.25, -0.2) is 0 Å². The molecule has 0 aliphatic rings. The standard InChI is InChI=1S/C18H22ClNO/c1-3-13-21-17-11-9-16(10-12-17)20-18(4-2)14-5-7-15(19)8-6-14/h5-12,18,20H,3-4,13H2,1-2H3. The second-order valence-corrected chi connectivity index (χ2v) is 5.47. The Labute approximate surface area is 132 Å². The molecule has 0 aliphatic carbocycles. The maximum absolute atomic E-state index is 5.94. The number of hydrogen-bond acceptors (Lipinski definition) is 2. The lowest BCUT2D eigenvalue weighted by Crippen LogP contribution is -2.09. The largest absolute Gasteiger partial charge is 0.494 e. The van der Waals surface area contributed by atoms with Gasteiger partial charge in [-0.2, -0.15) is 0 Å². The first-order valence-electron chi connectivity index (χ1n) is 7.47. The maximum Gasteiger partial charge on any atom is 0.119 e. The first kappa shape index (κ1) is 15.7. The summed E-state index contributed by atoms with van der Waals surface area (Å²) in [4.78, 5) is 0. The zero-order valence-electron chi connectivity index (χ0n) is 12.6. The van der Waals surface area contributed by atoms with Crippen LogP contribution in [0.5, 0.6) is 5.75 Å². The first-order chi connectivity index (χ1) is 10.2. The highest BCUT2D eigenvalue weighted by atomic mass is 35.5. The fourth-order valence-corrected chi connectivity index (χ4v) is 2.31. The Balaban J connectivity index is 2.02. The SMILES string of the molecule is CCCOc1ccc(NC(CC)c2ccc(Cl)cc2)cc1. The van der Waals surface area contributed by atoms with Crippen molar-refractivity contribution in [2.45, 2.75) is 32.7 Å². The molecule has 3 heteroatoms. The third kappa shape index (κ3) is 4.68. The van der Waals surface area contributed by atoms with Crippen molar-refractivity contribution in [3.63, 3.8) is 0 Å². The number of nitrogens with one attached hydrogen (secondary N) is 1. The molecule has 0 heterocycles. The third-order valence-corrected chi connectivity index (χ3v) is 3.60. The first-order valence-corrected chi connectivity index (χ1v) is 7.85. The zero-order chi connectivity index (χ0) is 15.1. The molecule has 0 fully saturated rings. The van der Waals surface area contributed by atoms with Crippen molar-refractivity contribution < 1.29 is 4.74 Å². The van der Waals surface area contributed by atoms with Crippen LogP contribution in [0.1, 0.15) is 38.3 Å². The number of benzene rings is 2. The molecule has 1 unspecified atom stereocenters. The van der Waals surface area contributed by atoms with E-state index >= 15 is 0 Å². The number of rotatable bonds is 7. The Kier molecular flexibility index (Phi) is 5.94. The topological polar surface area (TPSA) is 21.3 Å². The average molecular weight is 304 g/mol. The van der Waals surface area contributed by atoms with Gasteiger partial charge in [-0.3, -0.25) is 0 Å². The molecule has 0 radical (unpaired) electrons. The van der Waals surface area contributed by atoms with Gasteiger partial charge in [-0.15, -0.1) is 0 Å². The smallest absolute Gasteiger partial charge is 0.119 e. The third-order valence-electron chi connectivity index (χ3n) is 3.35. The van der Waals surface area contributed by atoms with Gasteiger partial charge in [0, 0.05) is 10.7 Å². The van der Waals surface area contributed by atoms with E-state index in [4.69, 9.17) is 16.3 Å². The molecular formula is C18H22ClNO. The molecule has 0 bridgehead atoms. The average Bonchev–Trinajstić information content (AvgIpc) is 2.53. The van der Waals surface area contributed by atoms with Crippen LogP contribution in [0, 0.1) is 0 Å². The highest BCUT2D eigenvalue weighted by Gasteiger charge is 2.09. The van der Waals surface area contributed by atoms with E-state index in [1.165, 1.54) is 5.56 Å². The molecule has 112 valence electrons. The van der Waals surface area contributed by atoms with Gasteiger partial charge in [0.05, 0.1) is 12.6 Å². The lowest BCUT2D eigenvalue weighted by atomic mass is 10.0. The summed E-state index contributed by atoms with van der Waals surface area (Å²) in [5.74, 6) is 0.918. The minimum Gasteiger partial charge on any atom is -0.494 e. The molecule has 2 nitrogen and oxygen atoms in total. The van der Waals surface area contributed by atoms with Crippen molar-refractivity contribution in [1.82, 2.24) is 0 Å². The molecule has 21 heavy (non-hydrogen) atoms. The molecule has 0 aliphatic heterocycles. The molecule has 2 aromatic carbocycles. The Bertz CT molecular complexity index is 536. The van der Waals surface area contributed by atoms with E-state index in [0.717, 1.165) is 35.9 Å². The molecule has 2 aromatic rings. The highest BCUT2D eigenvalue weighted by molar-refractivity contribution is 6.30. The summed E-state index contributed by atoms with van der Waals surface area (Å²) in [6, 6.07) is 16.4. The van der Waals surface area contributed by atoms with Crippen LogP contribution < -0.4 is 10.1 Å². The van der Waals surface area contributed by atoms with E-state index in [2.05, 4.69) is 43.4 Å². The second-order valence-electron chi connectivity index (χ2n) is 5.03. The lowest BCUT2D eigenvalue weighted by Gasteiger charge is -2.19. The summed E-state index contributed by atoms with van der Waals surface area (Å²) in [7, 11) is 0. The van der Waals surface area contributed by atoms with Crippen molar-refractivity contribution in [3.05, 3.63) is 59.1 Å². The predicted molar refractivity (Wildman–Crippen MR) is 90.3 cm³/mol. The Morgan fingerprint density at radius 1 is 1.00 bits per heavy atom. The van der Waals surface area contributed by atoms with E-state index in [1.807, 2.05) is 24.3 Å². The zero-order valence-corrected chi connectivity index (χ0v) is 13.4. The molecule has 0 saturated heterocycles. The molecule has 2 rings (SSSR count). The fraction of sp³-hybridized carbons (Fsp3) is 0.333. The van der Waals surface area contributed by atoms with Crippen LogP contribution in [-0.2, 0) is 0 Å². The second kappa shape index (κ2) is 7.94. The summed E-state index contributed by atoms with van der Waals surface area (Å²) in [5.41, 5.74) is 2.34. The van der Waals surface area contributed by atoms with Gasteiger partial charge in [0.25, 0.3) is 0 Å². The van der Waals surface area contributed by atoms with E-state index in [-0.39, 0.29) is 6.04 Å². The predicted octanol–water partition coefficient (Wildman–Crippen LogP) is 5.69. The maximum atomic E-state index is 5.94. The van der Waals surface area contributed by atoms with Crippen LogP contribution in [0.25, 0.3) is 0 Å². The molecule has 0 saturated carbocycles. The van der Waals surface area contributed by atoms with E-state index in [0.29, 0.717) is 0 Å². The lowest BCUT2D eigenvalue weighted by molar-refractivity contribution is 0.317. The normalized spacial score (nSPS) is 12.0. The van der Waals surface area contributed by atoms with Crippen molar-refractivity contribution in [2.75, 3.05) is 11.9 Å². The van der Waals surface area contributed by atoms with Crippen molar-refractivity contribution >= 4 is 17.3 Å². The molecule has 0 spiro atoms. The summed E-state index contributed by atoms with van der Waals surface area (Å²) < 4.78 is 5.60. The number of hydrogen-bond donors (Lipinski definition) is 1. The van der Waals surface area contributed by atoms with E-state index in [1.54, 1.807) is 0 Å². The van der Waals surface area contributed by atoms with Crippen LogP contribution in [0.3, 0.4) is 0 Å². The Morgan fingerprint density at radius 2 is 1.67 bits per heavy atom.